The van der Waals surface area contributed by atoms with E-state index < -0.39 is 23.2 Å². The number of amides is 1. The summed E-state index contributed by atoms with van der Waals surface area (Å²) in [5, 5.41) is 2.48. The van der Waals surface area contributed by atoms with Crippen LogP contribution in [0, 0.1) is 0 Å². The average Bonchev–Trinajstić information content (AvgIpc) is 2.72. The summed E-state index contributed by atoms with van der Waals surface area (Å²) in [4.78, 5) is 20.0. The van der Waals surface area contributed by atoms with Crippen LogP contribution in [0.5, 0.6) is 11.5 Å². The molecule has 1 aromatic heterocycles. The van der Waals surface area contributed by atoms with Gasteiger partial charge in [-0.1, -0.05) is 30.0 Å². The largest absolute Gasteiger partial charge is 0.497 e. The first-order valence-electron chi connectivity index (χ1n) is 8.76. The first-order chi connectivity index (χ1) is 14.2. The molecule has 0 aliphatic rings. The van der Waals surface area contributed by atoms with E-state index in [1.165, 1.54) is 20.3 Å². The fourth-order valence-corrected chi connectivity index (χ4v) is 3.57. The maximum atomic E-state index is 13.2. The first kappa shape index (κ1) is 21.7. The zero-order valence-electron chi connectivity index (χ0n) is 16.3. The number of ether oxygens (including phenoxy) is 2. The van der Waals surface area contributed by atoms with Crippen molar-refractivity contribution in [2.45, 2.75) is 23.4 Å². The van der Waals surface area contributed by atoms with Gasteiger partial charge in [0.2, 0.25) is 11.7 Å². The van der Waals surface area contributed by atoms with Gasteiger partial charge in [-0.25, -0.2) is 9.97 Å². The Kier molecular flexibility index (Phi) is 6.35. The normalized spacial score (nSPS) is 12.5. The summed E-state index contributed by atoms with van der Waals surface area (Å²) in [6, 6.07) is 11.3. The lowest BCUT2D eigenvalue weighted by atomic mass is 10.2. The maximum absolute atomic E-state index is 13.2. The van der Waals surface area contributed by atoms with Crippen LogP contribution in [0.4, 0.5) is 18.9 Å². The SMILES string of the molecule is COc1ccc(OC)c(NC(=O)C(C)Sc2nc(C(F)(F)F)nc3ccccc23)c1. The second-order valence-corrected chi connectivity index (χ2v) is 7.51. The van der Waals surface area contributed by atoms with Gasteiger partial charge >= 0.3 is 6.18 Å². The van der Waals surface area contributed by atoms with Gasteiger partial charge in [0.1, 0.15) is 16.5 Å². The number of nitrogens with one attached hydrogen (secondary N) is 1. The Hall–Kier alpha value is -3.01. The van der Waals surface area contributed by atoms with E-state index in [0.717, 1.165) is 11.8 Å². The fourth-order valence-electron chi connectivity index (χ4n) is 2.63. The van der Waals surface area contributed by atoms with Gasteiger partial charge < -0.3 is 14.8 Å². The van der Waals surface area contributed by atoms with Crippen LogP contribution in [0.25, 0.3) is 10.9 Å². The Bertz CT molecular complexity index is 1080. The lowest BCUT2D eigenvalue weighted by molar-refractivity contribution is -0.145. The molecule has 1 atom stereocenters. The van der Waals surface area contributed by atoms with Crippen molar-refractivity contribution in [3.8, 4) is 11.5 Å². The second-order valence-electron chi connectivity index (χ2n) is 6.18. The zero-order valence-corrected chi connectivity index (χ0v) is 17.1. The summed E-state index contributed by atoms with van der Waals surface area (Å²) in [6.07, 6.45) is -4.70. The number of anilines is 1. The van der Waals surface area contributed by atoms with Gasteiger partial charge in [0.05, 0.1) is 30.7 Å². The molecule has 0 aliphatic heterocycles. The lowest BCUT2D eigenvalue weighted by Crippen LogP contribution is -2.23. The summed E-state index contributed by atoms with van der Waals surface area (Å²) in [7, 11) is 2.95. The Morgan fingerprint density at radius 3 is 2.50 bits per heavy atom. The van der Waals surface area contributed by atoms with E-state index in [9.17, 15) is 18.0 Å². The van der Waals surface area contributed by atoms with E-state index in [1.807, 2.05) is 0 Å². The molecule has 0 spiro atoms. The minimum Gasteiger partial charge on any atom is -0.497 e. The van der Waals surface area contributed by atoms with Crippen LogP contribution in [-0.2, 0) is 11.0 Å². The van der Waals surface area contributed by atoms with Crippen LogP contribution in [-0.4, -0.2) is 35.3 Å². The molecule has 0 saturated carbocycles. The van der Waals surface area contributed by atoms with Crippen LogP contribution in [0.15, 0.2) is 47.5 Å². The van der Waals surface area contributed by atoms with Crippen molar-refractivity contribution in [2.24, 2.45) is 0 Å². The third-order valence-electron chi connectivity index (χ3n) is 4.14. The molecule has 10 heteroatoms. The molecular weight excluding hydrogens is 419 g/mol. The Balaban J connectivity index is 1.88. The third kappa shape index (κ3) is 4.76. The zero-order chi connectivity index (χ0) is 21.9. The molecule has 0 aliphatic carbocycles. The van der Waals surface area contributed by atoms with Crippen molar-refractivity contribution in [1.82, 2.24) is 9.97 Å². The minimum atomic E-state index is -4.70. The Morgan fingerprint density at radius 2 is 1.83 bits per heavy atom. The third-order valence-corrected chi connectivity index (χ3v) is 5.25. The van der Waals surface area contributed by atoms with Crippen LogP contribution >= 0.6 is 11.8 Å². The summed E-state index contributed by atoms with van der Waals surface area (Å²) >= 11 is 0.919. The summed E-state index contributed by atoms with van der Waals surface area (Å²) in [5.74, 6) is -0.732. The highest BCUT2D eigenvalue weighted by Gasteiger charge is 2.36. The molecule has 0 fully saturated rings. The number of benzene rings is 2. The van der Waals surface area contributed by atoms with Gasteiger partial charge in [-0.15, -0.1) is 0 Å². The number of halogens is 3. The Labute approximate surface area is 174 Å². The number of para-hydroxylation sites is 1. The molecule has 0 saturated heterocycles. The van der Waals surface area contributed by atoms with Crippen molar-refractivity contribution in [1.29, 1.82) is 0 Å². The number of alkyl halides is 3. The number of rotatable bonds is 6. The number of thioether (sulfide) groups is 1. The summed E-state index contributed by atoms with van der Waals surface area (Å²) in [6.45, 7) is 1.58. The summed E-state index contributed by atoms with van der Waals surface area (Å²) in [5.41, 5.74) is 0.544. The fraction of sp³-hybridized carbons (Fsp3) is 0.250. The highest BCUT2D eigenvalue weighted by atomic mass is 32.2. The quantitative estimate of drug-likeness (QED) is 0.442. The molecule has 30 heavy (non-hydrogen) atoms. The van der Waals surface area contributed by atoms with E-state index >= 15 is 0 Å². The maximum Gasteiger partial charge on any atom is 0.451 e. The Morgan fingerprint density at radius 1 is 1.10 bits per heavy atom. The molecule has 1 amide bonds. The van der Waals surface area contributed by atoms with Crippen LogP contribution in [0.3, 0.4) is 0 Å². The lowest BCUT2D eigenvalue weighted by Gasteiger charge is -2.16. The standard InChI is InChI=1S/C20H18F3N3O3S/c1-11(17(27)24-15-10-12(28-2)8-9-16(15)29-3)30-18-13-6-4-5-7-14(13)25-19(26-18)20(21,22)23/h4-11H,1-3H3,(H,24,27). The van der Waals surface area contributed by atoms with Gasteiger partial charge in [0.25, 0.3) is 0 Å². The number of hydrogen-bond acceptors (Lipinski definition) is 6. The first-order valence-corrected chi connectivity index (χ1v) is 9.64. The van der Waals surface area contributed by atoms with Crippen LogP contribution in [0.2, 0.25) is 0 Å². The van der Waals surface area contributed by atoms with E-state index in [-0.39, 0.29) is 10.5 Å². The number of aromatic nitrogens is 2. The number of methoxy groups -OCH3 is 2. The monoisotopic (exact) mass is 437 g/mol. The summed E-state index contributed by atoms with van der Waals surface area (Å²) < 4.78 is 50.0. The molecule has 3 rings (SSSR count). The van der Waals surface area contributed by atoms with Crippen molar-refractivity contribution in [2.75, 3.05) is 19.5 Å². The van der Waals surface area contributed by atoms with Gasteiger partial charge in [0, 0.05) is 11.5 Å². The molecule has 3 aromatic rings. The van der Waals surface area contributed by atoms with Gasteiger partial charge in [-0.05, 0) is 25.1 Å². The molecule has 1 N–H and O–H groups in total. The van der Waals surface area contributed by atoms with Gasteiger partial charge in [0.15, 0.2) is 0 Å². The molecule has 0 radical (unpaired) electrons. The second kappa shape index (κ2) is 8.78. The van der Waals surface area contributed by atoms with E-state index in [4.69, 9.17) is 9.47 Å². The van der Waals surface area contributed by atoms with Gasteiger partial charge in [-0.2, -0.15) is 13.2 Å². The van der Waals surface area contributed by atoms with E-state index in [0.29, 0.717) is 22.6 Å². The molecule has 6 nitrogen and oxygen atoms in total. The molecule has 158 valence electrons. The average molecular weight is 437 g/mol. The van der Waals surface area contributed by atoms with E-state index in [2.05, 4.69) is 15.3 Å². The number of carbonyl (C=O) groups is 1. The predicted molar refractivity (Wildman–Crippen MR) is 108 cm³/mol. The predicted octanol–water partition coefficient (Wildman–Crippen LogP) is 4.79. The molecule has 0 bridgehead atoms. The molecule has 1 unspecified atom stereocenters. The topological polar surface area (TPSA) is 73.3 Å². The highest BCUT2D eigenvalue weighted by Crippen LogP contribution is 2.34. The van der Waals surface area contributed by atoms with Crippen molar-refractivity contribution < 1.29 is 27.4 Å². The van der Waals surface area contributed by atoms with Crippen molar-refractivity contribution in [3.05, 3.63) is 48.3 Å². The number of hydrogen-bond donors (Lipinski definition) is 1. The number of carbonyl (C=O) groups excluding carboxylic acids is 1. The number of fused-ring (bicyclic) bond motifs is 1. The van der Waals surface area contributed by atoms with E-state index in [1.54, 1.807) is 43.3 Å². The smallest absolute Gasteiger partial charge is 0.451 e. The highest BCUT2D eigenvalue weighted by molar-refractivity contribution is 8.00. The van der Waals surface area contributed by atoms with Gasteiger partial charge in [-0.3, -0.25) is 4.79 Å². The minimum absolute atomic E-state index is 0.0770. The molecule has 2 aromatic carbocycles. The van der Waals surface area contributed by atoms with Crippen LogP contribution in [0.1, 0.15) is 12.7 Å². The molecule has 1 heterocycles. The number of nitrogens with zero attached hydrogens (tertiary/aromatic N) is 2. The van der Waals surface area contributed by atoms with Crippen molar-refractivity contribution in [3.63, 3.8) is 0 Å². The molecular formula is C20H18F3N3O3S. The van der Waals surface area contributed by atoms with Crippen molar-refractivity contribution >= 4 is 34.3 Å². The van der Waals surface area contributed by atoms with Crippen LogP contribution < -0.4 is 14.8 Å².